The van der Waals surface area contributed by atoms with Gasteiger partial charge in [-0.15, -0.1) is 0 Å². The fourth-order valence-corrected chi connectivity index (χ4v) is 2.31. The van der Waals surface area contributed by atoms with Gasteiger partial charge in [0.15, 0.2) is 0 Å². The molecule has 8 nitrogen and oxygen atoms in total. The van der Waals surface area contributed by atoms with Crippen molar-refractivity contribution in [3.8, 4) is 0 Å². The highest BCUT2D eigenvalue weighted by atomic mass is 16.6. The number of rotatable bonds is 4. The SMILES string of the molecule is CC(=NNC(=O)C(=O)Nc1cc(C)cc(C)c1)c1ccc([N+](=O)[O-])cc1. The van der Waals surface area contributed by atoms with E-state index in [-0.39, 0.29) is 5.69 Å². The first-order chi connectivity index (χ1) is 12.3. The first-order valence-electron chi connectivity index (χ1n) is 7.75. The maximum absolute atomic E-state index is 11.9. The second kappa shape index (κ2) is 8.02. The molecule has 0 aromatic heterocycles. The van der Waals surface area contributed by atoms with E-state index >= 15 is 0 Å². The number of non-ortho nitro benzene ring substituents is 1. The molecule has 0 saturated heterocycles. The van der Waals surface area contributed by atoms with Crippen molar-refractivity contribution in [1.82, 2.24) is 5.43 Å². The van der Waals surface area contributed by atoms with Gasteiger partial charge < -0.3 is 5.32 Å². The fourth-order valence-electron chi connectivity index (χ4n) is 2.31. The Morgan fingerprint density at radius 1 is 1.00 bits per heavy atom. The molecule has 26 heavy (non-hydrogen) atoms. The Morgan fingerprint density at radius 2 is 1.58 bits per heavy atom. The smallest absolute Gasteiger partial charge is 0.318 e. The van der Waals surface area contributed by atoms with Gasteiger partial charge in [-0.05, 0) is 61.7 Å². The molecule has 0 aliphatic carbocycles. The lowest BCUT2D eigenvalue weighted by atomic mass is 10.1. The second-order valence-electron chi connectivity index (χ2n) is 5.77. The van der Waals surface area contributed by atoms with Crippen molar-refractivity contribution in [2.75, 3.05) is 5.32 Å². The Kier molecular flexibility index (Phi) is 5.79. The quantitative estimate of drug-likeness (QED) is 0.380. The van der Waals surface area contributed by atoms with Crippen molar-refractivity contribution in [1.29, 1.82) is 0 Å². The van der Waals surface area contributed by atoms with E-state index in [9.17, 15) is 19.7 Å². The fraction of sp³-hybridized carbons (Fsp3) is 0.167. The molecule has 8 heteroatoms. The number of benzene rings is 2. The number of amides is 2. The van der Waals surface area contributed by atoms with Crippen molar-refractivity contribution in [2.24, 2.45) is 5.10 Å². The molecular weight excluding hydrogens is 336 g/mol. The van der Waals surface area contributed by atoms with Gasteiger partial charge in [-0.25, -0.2) is 5.43 Å². The maximum Gasteiger partial charge on any atom is 0.329 e. The monoisotopic (exact) mass is 354 g/mol. The van der Waals surface area contributed by atoms with E-state index in [1.54, 1.807) is 19.1 Å². The summed E-state index contributed by atoms with van der Waals surface area (Å²) in [5, 5.41) is 17.0. The number of nitro groups is 1. The normalized spacial score (nSPS) is 11.0. The van der Waals surface area contributed by atoms with Gasteiger partial charge in [0.05, 0.1) is 10.6 Å². The summed E-state index contributed by atoms with van der Waals surface area (Å²) >= 11 is 0. The number of hydrogen-bond acceptors (Lipinski definition) is 5. The van der Waals surface area contributed by atoms with E-state index in [1.807, 2.05) is 19.9 Å². The van der Waals surface area contributed by atoms with Crippen LogP contribution < -0.4 is 10.7 Å². The van der Waals surface area contributed by atoms with E-state index in [1.165, 1.54) is 24.3 Å². The summed E-state index contributed by atoms with van der Waals surface area (Å²) in [7, 11) is 0. The summed E-state index contributed by atoms with van der Waals surface area (Å²) in [6.45, 7) is 5.39. The third kappa shape index (κ3) is 4.97. The predicted molar refractivity (Wildman–Crippen MR) is 98.0 cm³/mol. The maximum atomic E-state index is 11.9. The number of carbonyl (C=O) groups is 2. The summed E-state index contributed by atoms with van der Waals surface area (Å²) in [5.74, 6) is -1.75. The lowest BCUT2D eigenvalue weighted by Gasteiger charge is -2.07. The molecular formula is C18H18N4O4. The van der Waals surface area contributed by atoms with Gasteiger partial charge in [-0.2, -0.15) is 5.10 Å². The Balaban J connectivity index is 2.00. The first-order valence-corrected chi connectivity index (χ1v) is 7.75. The van der Waals surface area contributed by atoms with Crippen LogP contribution in [-0.4, -0.2) is 22.4 Å². The van der Waals surface area contributed by atoms with Crippen molar-refractivity contribution < 1.29 is 14.5 Å². The van der Waals surface area contributed by atoms with Gasteiger partial charge >= 0.3 is 11.8 Å². The van der Waals surface area contributed by atoms with Gasteiger partial charge in [0.25, 0.3) is 5.69 Å². The Bertz CT molecular complexity index is 868. The van der Waals surface area contributed by atoms with Crippen LogP contribution in [0.3, 0.4) is 0 Å². The highest BCUT2D eigenvalue weighted by molar-refractivity contribution is 6.39. The molecule has 2 N–H and O–H groups in total. The summed E-state index contributed by atoms with van der Waals surface area (Å²) in [5.41, 5.74) is 5.58. The average molecular weight is 354 g/mol. The van der Waals surface area contributed by atoms with Gasteiger partial charge in [0.2, 0.25) is 0 Å². The van der Waals surface area contributed by atoms with Crippen LogP contribution in [0, 0.1) is 24.0 Å². The van der Waals surface area contributed by atoms with Crippen LogP contribution in [-0.2, 0) is 9.59 Å². The molecule has 0 fully saturated rings. The molecule has 2 aromatic carbocycles. The van der Waals surface area contributed by atoms with Gasteiger partial charge in [-0.1, -0.05) is 6.07 Å². The van der Waals surface area contributed by atoms with Crippen LogP contribution in [0.4, 0.5) is 11.4 Å². The largest absolute Gasteiger partial charge is 0.329 e. The minimum absolute atomic E-state index is 0.0431. The molecule has 0 spiro atoms. The number of hydrazone groups is 1. The van der Waals surface area contributed by atoms with Crippen LogP contribution in [0.1, 0.15) is 23.6 Å². The molecule has 2 aromatic rings. The minimum atomic E-state index is -0.912. The first kappa shape index (κ1) is 18.8. The summed E-state index contributed by atoms with van der Waals surface area (Å²) in [6, 6.07) is 11.2. The molecule has 0 unspecified atom stereocenters. The van der Waals surface area contributed by atoms with Crippen LogP contribution in [0.2, 0.25) is 0 Å². The van der Waals surface area contributed by atoms with Crippen LogP contribution in [0.15, 0.2) is 47.6 Å². The molecule has 0 aliphatic heterocycles. The van der Waals surface area contributed by atoms with Crippen LogP contribution in [0.25, 0.3) is 0 Å². The second-order valence-corrected chi connectivity index (χ2v) is 5.77. The van der Waals surface area contributed by atoms with E-state index in [0.717, 1.165) is 11.1 Å². The molecule has 2 rings (SSSR count). The predicted octanol–water partition coefficient (Wildman–Crippen LogP) is 2.69. The van der Waals surface area contributed by atoms with Crippen molar-refractivity contribution >= 4 is 28.9 Å². The summed E-state index contributed by atoms with van der Waals surface area (Å²) < 4.78 is 0. The Hall–Kier alpha value is -3.55. The third-order valence-corrected chi connectivity index (χ3v) is 3.51. The lowest BCUT2D eigenvalue weighted by Crippen LogP contribution is -2.33. The van der Waals surface area contributed by atoms with Crippen LogP contribution in [0.5, 0.6) is 0 Å². The van der Waals surface area contributed by atoms with E-state index in [4.69, 9.17) is 0 Å². The van der Waals surface area contributed by atoms with Crippen LogP contribution >= 0.6 is 0 Å². The zero-order valence-electron chi connectivity index (χ0n) is 14.6. The van der Waals surface area contributed by atoms with Crippen molar-refractivity contribution in [3.05, 3.63) is 69.3 Å². The Morgan fingerprint density at radius 3 is 2.12 bits per heavy atom. The van der Waals surface area contributed by atoms with E-state index < -0.39 is 16.7 Å². The Labute approximate surface area is 150 Å². The third-order valence-electron chi connectivity index (χ3n) is 3.51. The zero-order valence-corrected chi connectivity index (χ0v) is 14.6. The molecule has 134 valence electrons. The standard InChI is InChI=1S/C18H18N4O4/c1-11-8-12(2)10-15(9-11)19-17(23)18(24)21-20-13(3)14-4-6-16(7-5-14)22(25)26/h4-10H,1-3H3,(H,19,23)(H,21,24). The molecule has 2 amide bonds. The van der Waals surface area contributed by atoms with Gasteiger partial charge in [0.1, 0.15) is 0 Å². The summed E-state index contributed by atoms with van der Waals surface area (Å²) in [6.07, 6.45) is 0. The molecule has 0 radical (unpaired) electrons. The molecule has 0 saturated carbocycles. The number of carbonyl (C=O) groups excluding carboxylic acids is 2. The average Bonchev–Trinajstić information content (AvgIpc) is 2.58. The number of anilines is 1. The molecule has 0 aliphatic rings. The lowest BCUT2D eigenvalue weighted by molar-refractivity contribution is -0.384. The summed E-state index contributed by atoms with van der Waals surface area (Å²) in [4.78, 5) is 33.9. The number of nitrogens with one attached hydrogen (secondary N) is 2. The highest BCUT2D eigenvalue weighted by Crippen LogP contribution is 2.14. The number of aryl methyl sites for hydroxylation is 2. The van der Waals surface area contributed by atoms with Crippen molar-refractivity contribution in [3.63, 3.8) is 0 Å². The van der Waals surface area contributed by atoms with Gasteiger partial charge in [0, 0.05) is 17.8 Å². The number of nitrogens with zero attached hydrogens (tertiary/aromatic N) is 2. The van der Waals surface area contributed by atoms with Crippen molar-refractivity contribution in [2.45, 2.75) is 20.8 Å². The molecule has 0 heterocycles. The molecule has 0 atom stereocenters. The minimum Gasteiger partial charge on any atom is -0.318 e. The topological polar surface area (TPSA) is 114 Å². The van der Waals surface area contributed by atoms with E-state index in [2.05, 4.69) is 15.8 Å². The van der Waals surface area contributed by atoms with E-state index in [0.29, 0.717) is 17.0 Å². The zero-order chi connectivity index (χ0) is 19.3. The number of nitro benzene ring substituents is 1. The highest BCUT2D eigenvalue weighted by Gasteiger charge is 2.14. The van der Waals surface area contributed by atoms with Gasteiger partial charge in [-0.3, -0.25) is 19.7 Å². The molecule has 0 bridgehead atoms. The number of hydrogen-bond donors (Lipinski definition) is 2.